The Labute approximate surface area is 180 Å². The molecule has 1 aromatic carbocycles. The van der Waals surface area contributed by atoms with Gasteiger partial charge >= 0.3 is 0 Å². The number of hydrogen-bond donors (Lipinski definition) is 1. The summed E-state index contributed by atoms with van der Waals surface area (Å²) in [5.41, 5.74) is 2.52. The van der Waals surface area contributed by atoms with E-state index in [9.17, 15) is 4.79 Å². The maximum atomic E-state index is 12.8. The molecule has 0 unspecified atom stereocenters. The van der Waals surface area contributed by atoms with E-state index in [1.54, 1.807) is 11.8 Å². The second-order valence-electron chi connectivity index (χ2n) is 7.72. The monoisotopic (exact) mass is 425 g/mol. The van der Waals surface area contributed by atoms with Crippen molar-refractivity contribution >= 4 is 34.6 Å². The van der Waals surface area contributed by atoms with Crippen LogP contribution in [0.2, 0.25) is 0 Å². The standard InChI is InChI=1S/C22H27N5O2S/c1-14-19-20(24-15(2)25-22(19)29-26-14)27-12-4-5-17(13-27)21(28)23-11-10-16-6-8-18(30-3)9-7-16/h6-9,17H,4-5,10-13H2,1-3H3,(H,23,28)/t17-/m1/s1. The fourth-order valence-electron chi connectivity index (χ4n) is 3.95. The maximum Gasteiger partial charge on any atom is 0.263 e. The van der Waals surface area contributed by atoms with Gasteiger partial charge in [0.05, 0.1) is 11.6 Å². The normalized spacial score (nSPS) is 16.8. The second-order valence-corrected chi connectivity index (χ2v) is 8.60. The van der Waals surface area contributed by atoms with Gasteiger partial charge in [-0.05, 0) is 57.1 Å². The minimum atomic E-state index is -0.0527. The molecule has 1 atom stereocenters. The first-order valence-electron chi connectivity index (χ1n) is 10.3. The number of aryl methyl sites for hydroxylation is 2. The second kappa shape index (κ2) is 9.04. The van der Waals surface area contributed by atoms with E-state index in [4.69, 9.17) is 4.52 Å². The van der Waals surface area contributed by atoms with Gasteiger partial charge in [-0.2, -0.15) is 4.98 Å². The van der Waals surface area contributed by atoms with Crippen molar-refractivity contribution < 1.29 is 9.32 Å². The first-order valence-corrected chi connectivity index (χ1v) is 11.5. The fraction of sp³-hybridized carbons (Fsp3) is 0.455. The molecule has 1 aliphatic rings. The van der Waals surface area contributed by atoms with Crippen molar-refractivity contribution in [2.45, 2.75) is 38.0 Å². The number of fused-ring (bicyclic) bond motifs is 1. The highest BCUT2D eigenvalue weighted by Gasteiger charge is 2.28. The summed E-state index contributed by atoms with van der Waals surface area (Å²) in [6.07, 6.45) is 4.74. The first-order chi connectivity index (χ1) is 14.5. The van der Waals surface area contributed by atoms with Crippen LogP contribution in [0.15, 0.2) is 33.7 Å². The fourth-order valence-corrected chi connectivity index (χ4v) is 4.36. The molecule has 0 radical (unpaired) electrons. The number of carbonyl (C=O) groups is 1. The lowest BCUT2D eigenvalue weighted by molar-refractivity contribution is -0.125. The van der Waals surface area contributed by atoms with E-state index >= 15 is 0 Å². The lowest BCUT2D eigenvalue weighted by Crippen LogP contribution is -2.44. The zero-order valence-electron chi connectivity index (χ0n) is 17.6. The van der Waals surface area contributed by atoms with Crippen LogP contribution in [0.4, 0.5) is 5.82 Å². The Balaban J connectivity index is 1.39. The molecule has 3 aromatic rings. The molecule has 1 aliphatic heterocycles. The molecule has 4 rings (SSSR count). The van der Waals surface area contributed by atoms with E-state index in [2.05, 4.69) is 55.9 Å². The van der Waals surface area contributed by atoms with Gasteiger partial charge in [-0.1, -0.05) is 17.3 Å². The molecule has 0 bridgehead atoms. The molecule has 1 saturated heterocycles. The van der Waals surface area contributed by atoms with Crippen LogP contribution < -0.4 is 10.2 Å². The van der Waals surface area contributed by atoms with Gasteiger partial charge in [-0.25, -0.2) is 4.98 Å². The molecule has 1 N–H and O–H groups in total. The summed E-state index contributed by atoms with van der Waals surface area (Å²) >= 11 is 1.73. The van der Waals surface area contributed by atoms with Crippen molar-refractivity contribution in [3.05, 3.63) is 41.3 Å². The molecule has 158 valence electrons. The van der Waals surface area contributed by atoms with E-state index in [-0.39, 0.29) is 11.8 Å². The van der Waals surface area contributed by atoms with E-state index in [0.717, 1.165) is 42.7 Å². The SMILES string of the molecule is CSc1ccc(CCNC(=O)[C@@H]2CCCN(c3nc(C)nc4onc(C)c34)C2)cc1. The van der Waals surface area contributed by atoms with Crippen molar-refractivity contribution in [1.29, 1.82) is 0 Å². The Morgan fingerprint density at radius 1 is 1.27 bits per heavy atom. The number of carbonyl (C=O) groups excluding carboxylic acids is 1. The average molecular weight is 426 g/mol. The van der Waals surface area contributed by atoms with Crippen molar-refractivity contribution in [2.75, 3.05) is 30.8 Å². The van der Waals surface area contributed by atoms with Gasteiger partial charge in [-0.15, -0.1) is 11.8 Å². The number of anilines is 1. The van der Waals surface area contributed by atoms with Crippen molar-refractivity contribution in [1.82, 2.24) is 20.4 Å². The van der Waals surface area contributed by atoms with Gasteiger partial charge in [-0.3, -0.25) is 4.79 Å². The molecule has 3 heterocycles. The van der Waals surface area contributed by atoms with Gasteiger partial charge in [0.1, 0.15) is 17.0 Å². The van der Waals surface area contributed by atoms with Crippen LogP contribution in [0.3, 0.4) is 0 Å². The number of nitrogens with zero attached hydrogens (tertiary/aromatic N) is 4. The highest BCUT2D eigenvalue weighted by molar-refractivity contribution is 7.98. The predicted molar refractivity (Wildman–Crippen MR) is 119 cm³/mol. The summed E-state index contributed by atoms with van der Waals surface area (Å²) in [5.74, 6) is 1.53. The minimum absolute atomic E-state index is 0.0527. The molecule has 0 aliphatic carbocycles. The third kappa shape index (κ3) is 4.43. The molecule has 7 nitrogen and oxygen atoms in total. The van der Waals surface area contributed by atoms with E-state index in [0.29, 0.717) is 24.6 Å². The molecule has 0 saturated carbocycles. The summed E-state index contributed by atoms with van der Waals surface area (Å²) in [6, 6.07) is 8.50. The third-order valence-corrected chi connectivity index (χ3v) is 6.31. The van der Waals surface area contributed by atoms with Gasteiger partial charge in [0, 0.05) is 24.5 Å². The van der Waals surface area contributed by atoms with Gasteiger partial charge in [0.15, 0.2) is 0 Å². The highest BCUT2D eigenvalue weighted by atomic mass is 32.2. The van der Waals surface area contributed by atoms with Crippen LogP contribution >= 0.6 is 11.8 Å². The summed E-state index contributed by atoms with van der Waals surface area (Å²) < 4.78 is 5.34. The number of thioether (sulfide) groups is 1. The van der Waals surface area contributed by atoms with Gasteiger partial charge in [0.2, 0.25) is 5.91 Å². The molecule has 2 aromatic heterocycles. The van der Waals surface area contributed by atoms with Crippen LogP contribution in [0.1, 0.15) is 29.9 Å². The Kier molecular flexibility index (Phi) is 6.22. The first kappa shape index (κ1) is 20.7. The van der Waals surface area contributed by atoms with Crippen molar-refractivity contribution in [3.63, 3.8) is 0 Å². The number of hydrogen-bond acceptors (Lipinski definition) is 7. The third-order valence-electron chi connectivity index (χ3n) is 5.56. The largest absolute Gasteiger partial charge is 0.355 e. The van der Waals surface area contributed by atoms with Crippen LogP contribution in [-0.4, -0.2) is 46.9 Å². The Morgan fingerprint density at radius 3 is 2.83 bits per heavy atom. The topological polar surface area (TPSA) is 84.2 Å². The molecule has 1 amide bonds. The van der Waals surface area contributed by atoms with Crippen LogP contribution in [-0.2, 0) is 11.2 Å². The quantitative estimate of drug-likeness (QED) is 0.605. The van der Waals surface area contributed by atoms with Crippen molar-refractivity contribution in [2.24, 2.45) is 5.92 Å². The summed E-state index contributed by atoms with van der Waals surface area (Å²) in [7, 11) is 0. The number of piperidine rings is 1. The summed E-state index contributed by atoms with van der Waals surface area (Å²) in [4.78, 5) is 25.2. The smallest absolute Gasteiger partial charge is 0.263 e. The van der Waals surface area contributed by atoms with E-state index in [1.807, 2.05) is 13.8 Å². The Hall–Kier alpha value is -2.61. The van der Waals surface area contributed by atoms with Crippen LogP contribution in [0.5, 0.6) is 0 Å². The average Bonchev–Trinajstić information content (AvgIpc) is 3.14. The zero-order chi connectivity index (χ0) is 21.1. The number of aromatic nitrogens is 3. The van der Waals surface area contributed by atoms with E-state index in [1.165, 1.54) is 10.5 Å². The molecule has 30 heavy (non-hydrogen) atoms. The molecular weight excluding hydrogens is 398 g/mol. The maximum absolute atomic E-state index is 12.8. The van der Waals surface area contributed by atoms with Gasteiger partial charge < -0.3 is 14.7 Å². The Bertz CT molecular complexity index is 1030. The lowest BCUT2D eigenvalue weighted by Gasteiger charge is -2.33. The number of nitrogens with one attached hydrogen (secondary N) is 1. The van der Waals surface area contributed by atoms with Crippen LogP contribution in [0.25, 0.3) is 11.1 Å². The number of amides is 1. The molecule has 8 heteroatoms. The van der Waals surface area contributed by atoms with Gasteiger partial charge in [0.25, 0.3) is 5.71 Å². The van der Waals surface area contributed by atoms with E-state index < -0.39 is 0 Å². The van der Waals surface area contributed by atoms with Crippen LogP contribution in [0, 0.1) is 19.8 Å². The zero-order valence-corrected chi connectivity index (χ0v) is 18.5. The Morgan fingerprint density at radius 2 is 2.07 bits per heavy atom. The number of benzene rings is 1. The van der Waals surface area contributed by atoms with Crippen molar-refractivity contribution in [3.8, 4) is 0 Å². The highest BCUT2D eigenvalue weighted by Crippen LogP contribution is 2.30. The number of rotatable bonds is 6. The molecule has 1 fully saturated rings. The molecular formula is C22H27N5O2S. The molecule has 0 spiro atoms. The summed E-state index contributed by atoms with van der Waals surface area (Å²) in [5, 5.41) is 8.01. The predicted octanol–water partition coefficient (Wildman–Crippen LogP) is 3.53. The minimum Gasteiger partial charge on any atom is -0.355 e. The lowest BCUT2D eigenvalue weighted by atomic mass is 9.96. The summed E-state index contributed by atoms with van der Waals surface area (Å²) in [6.45, 7) is 5.90.